The summed E-state index contributed by atoms with van der Waals surface area (Å²) >= 11 is 1.70. The van der Waals surface area contributed by atoms with E-state index in [1.54, 1.807) is 11.3 Å². The Morgan fingerprint density at radius 3 is 1.86 bits per heavy atom. The van der Waals surface area contributed by atoms with Crippen LogP contribution < -0.4 is 0 Å². The minimum atomic E-state index is 0.994. The molecule has 0 aliphatic heterocycles. The zero-order valence-corrected chi connectivity index (χ0v) is 20.3. The van der Waals surface area contributed by atoms with Crippen LogP contribution in [0.3, 0.4) is 0 Å². The van der Waals surface area contributed by atoms with Gasteiger partial charge in [-0.1, -0.05) is 85.7 Å². The molecule has 0 unspecified atom stereocenters. The SMILES string of the molecule is CC.CC.CC.CC.Cc1cc(-c2nc3ccccc3s2)n(-c2ccccc2)n1. The van der Waals surface area contributed by atoms with Crippen molar-refractivity contribution >= 4 is 21.6 Å². The van der Waals surface area contributed by atoms with Crippen molar-refractivity contribution in [3.05, 3.63) is 66.4 Å². The van der Waals surface area contributed by atoms with Gasteiger partial charge >= 0.3 is 0 Å². The second-order valence-electron chi connectivity index (χ2n) is 4.91. The van der Waals surface area contributed by atoms with Crippen LogP contribution in [0.15, 0.2) is 60.7 Å². The lowest BCUT2D eigenvalue weighted by atomic mass is 10.3. The highest BCUT2D eigenvalue weighted by Crippen LogP contribution is 2.31. The van der Waals surface area contributed by atoms with Gasteiger partial charge in [0, 0.05) is 0 Å². The first kappa shape index (κ1) is 26.5. The van der Waals surface area contributed by atoms with Crippen LogP contribution >= 0.6 is 11.3 Å². The van der Waals surface area contributed by atoms with Crippen molar-refractivity contribution in [2.45, 2.75) is 62.3 Å². The molecular weight excluding hydrogens is 374 g/mol. The molecule has 0 aliphatic carbocycles. The second kappa shape index (κ2) is 15.5. The van der Waals surface area contributed by atoms with Crippen molar-refractivity contribution < 1.29 is 0 Å². The standard InChI is InChI=1S/C17H13N3S.4C2H6/c1-12-11-15(20(19-12)13-7-3-2-4-8-13)17-18-14-9-5-6-10-16(14)21-17;4*1-2/h2-11H,1H3;4*1-2H3. The maximum absolute atomic E-state index is 4.74. The highest BCUT2D eigenvalue weighted by molar-refractivity contribution is 7.21. The lowest BCUT2D eigenvalue weighted by Crippen LogP contribution is -1.98. The third kappa shape index (κ3) is 7.13. The Bertz CT molecular complexity index is 875. The summed E-state index contributed by atoms with van der Waals surface area (Å²) in [6, 6.07) is 20.5. The highest BCUT2D eigenvalue weighted by Gasteiger charge is 2.13. The van der Waals surface area contributed by atoms with E-state index in [1.807, 2.05) is 103 Å². The number of hydrogen-bond acceptors (Lipinski definition) is 3. The van der Waals surface area contributed by atoms with Gasteiger partial charge in [0.15, 0.2) is 0 Å². The molecule has 0 atom stereocenters. The molecule has 0 amide bonds. The summed E-state index contributed by atoms with van der Waals surface area (Å²) in [5.74, 6) is 0. The lowest BCUT2D eigenvalue weighted by molar-refractivity contribution is 0.868. The Balaban J connectivity index is 0.000000881. The van der Waals surface area contributed by atoms with E-state index in [0.717, 1.165) is 27.6 Å². The van der Waals surface area contributed by atoms with Crippen molar-refractivity contribution in [1.29, 1.82) is 0 Å². The van der Waals surface area contributed by atoms with Gasteiger partial charge in [-0.25, -0.2) is 9.67 Å². The summed E-state index contributed by atoms with van der Waals surface area (Å²) in [7, 11) is 0. The third-order valence-corrected chi connectivity index (χ3v) is 4.40. The van der Waals surface area contributed by atoms with E-state index in [0.29, 0.717) is 0 Å². The number of rotatable bonds is 2. The van der Waals surface area contributed by atoms with Crippen LogP contribution in [0.25, 0.3) is 26.6 Å². The Kier molecular flexibility index (Phi) is 14.1. The van der Waals surface area contributed by atoms with E-state index in [4.69, 9.17) is 4.98 Å². The average molecular weight is 412 g/mol. The van der Waals surface area contributed by atoms with Crippen molar-refractivity contribution in [2.75, 3.05) is 0 Å². The Hall–Kier alpha value is -2.46. The Labute approximate surface area is 181 Å². The van der Waals surface area contributed by atoms with Gasteiger partial charge in [0.2, 0.25) is 0 Å². The number of benzene rings is 2. The van der Waals surface area contributed by atoms with Crippen LogP contribution in [-0.2, 0) is 0 Å². The zero-order valence-electron chi connectivity index (χ0n) is 19.5. The number of para-hydroxylation sites is 2. The molecule has 0 saturated carbocycles. The molecule has 0 bridgehead atoms. The van der Waals surface area contributed by atoms with Crippen LogP contribution in [0.1, 0.15) is 61.1 Å². The minimum absolute atomic E-state index is 0.994. The maximum Gasteiger partial charge on any atom is 0.143 e. The number of aryl methyl sites for hydroxylation is 1. The van der Waals surface area contributed by atoms with Crippen LogP contribution in [0.5, 0.6) is 0 Å². The molecular formula is C25H37N3S. The van der Waals surface area contributed by atoms with E-state index in [1.165, 1.54) is 4.70 Å². The largest absolute Gasteiger partial charge is 0.234 e. The topological polar surface area (TPSA) is 30.7 Å². The molecule has 0 N–H and O–H groups in total. The minimum Gasteiger partial charge on any atom is -0.234 e. The van der Waals surface area contributed by atoms with Gasteiger partial charge < -0.3 is 0 Å². The Morgan fingerprint density at radius 1 is 0.724 bits per heavy atom. The first-order valence-corrected chi connectivity index (χ1v) is 11.6. The van der Waals surface area contributed by atoms with E-state index in [2.05, 4.69) is 29.4 Å². The second-order valence-corrected chi connectivity index (χ2v) is 5.94. The normalized spacial score (nSPS) is 8.86. The number of fused-ring (bicyclic) bond motifs is 1. The molecule has 4 rings (SSSR count). The molecule has 0 fully saturated rings. The van der Waals surface area contributed by atoms with Crippen molar-refractivity contribution in [1.82, 2.24) is 14.8 Å². The van der Waals surface area contributed by atoms with Gasteiger partial charge in [-0.15, -0.1) is 11.3 Å². The van der Waals surface area contributed by atoms with Gasteiger partial charge in [-0.2, -0.15) is 5.10 Å². The van der Waals surface area contributed by atoms with E-state index >= 15 is 0 Å². The molecule has 158 valence electrons. The number of aromatic nitrogens is 3. The van der Waals surface area contributed by atoms with E-state index < -0.39 is 0 Å². The third-order valence-electron chi connectivity index (χ3n) is 3.35. The predicted molar refractivity (Wildman–Crippen MR) is 132 cm³/mol. The van der Waals surface area contributed by atoms with Crippen LogP contribution in [0.2, 0.25) is 0 Å². The first-order valence-electron chi connectivity index (χ1n) is 10.8. The summed E-state index contributed by atoms with van der Waals surface area (Å²) in [6.45, 7) is 18.0. The van der Waals surface area contributed by atoms with Crippen LogP contribution in [0, 0.1) is 6.92 Å². The average Bonchev–Trinajstić information content (AvgIpc) is 3.43. The summed E-state index contributed by atoms with van der Waals surface area (Å²) in [6.07, 6.45) is 0. The summed E-state index contributed by atoms with van der Waals surface area (Å²) in [5, 5.41) is 5.61. The molecule has 0 spiro atoms. The van der Waals surface area contributed by atoms with Crippen LogP contribution in [-0.4, -0.2) is 14.8 Å². The molecule has 3 nitrogen and oxygen atoms in total. The molecule has 0 radical (unpaired) electrons. The summed E-state index contributed by atoms with van der Waals surface area (Å²) in [4.78, 5) is 4.74. The molecule has 0 aliphatic rings. The summed E-state index contributed by atoms with van der Waals surface area (Å²) in [5.41, 5.74) is 4.13. The fourth-order valence-electron chi connectivity index (χ4n) is 2.40. The zero-order chi connectivity index (χ0) is 22.2. The molecule has 4 aromatic rings. The molecule has 2 heterocycles. The summed E-state index contributed by atoms with van der Waals surface area (Å²) < 4.78 is 3.17. The van der Waals surface area contributed by atoms with E-state index in [-0.39, 0.29) is 0 Å². The lowest BCUT2D eigenvalue weighted by Gasteiger charge is -2.04. The number of nitrogens with zero attached hydrogens (tertiary/aromatic N) is 3. The highest BCUT2D eigenvalue weighted by atomic mass is 32.1. The molecule has 29 heavy (non-hydrogen) atoms. The fourth-order valence-corrected chi connectivity index (χ4v) is 3.37. The van der Waals surface area contributed by atoms with Crippen molar-refractivity contribution in [3.8, 4) is 16.4 Å². The van der Waals surface area contributed by atoms with Crippen molar-refractivity contribution in [3.63, 3.8) is 0 Å². The van der Waals surface area contributed by atoms with Gasteiger partial charge in [0.25, 0.3) is 0 Å². The molecule has 2 aromatic carbocycles. The monoisotopic (exact) mass is 411 g/mol. The van der Waals surface area contributed by atoms with Gasteiger partial charge in [-0.05, 0) is 37.3 Å². The molecule has 2 aromatic heterocycles. The smallest absolute Gasteiger partial charge is 0.143 e. The number of thiazole rings is 1. The van der Waals surface area contributed by atoms with Crippen molar-refractivity contribution in [2.24, 2.45) is 0 Å². The number of hydrogen-bond donors (Lipinski definition) is 0. The van der Waals surface area contributed by atoms with Gasteiger partial charge in [0.05, 0.1) is 21.6 Å². The Morgan fingerprint density at radius 2 is 1.28 bits per heavy atom. The molecule has 4 heteroatoms. The fraction of sp³-hybridized carbons (Fsp3) is 0.360. The predicted octanol–water partition coefficient (Wildman–Crippen LogP) is 8.56. The van der Waals surface area contributed by atoms with Crippen LogP contribution in [0.4, 0.5) is 0 Å². The molecule has 0 saturated heterocycles. The first-order chi connectivity index (χ1) is 14.3. The van der Waals surface area contributed by atoms with E-state index in [9.17, 15) is 0 Å². The quantitative estimate of drug-likeness (QED) is 0.331. The van der Waals surface area contributed by atoms with Gasteiger partial charge in [-0.3, -0.25) is 0 Å². The van der Waals surface area contributed by atoms with Gasteiger partial charge in [0.1, 0.15) is 10.7 Å². The maximum atomic E-state index is 4.74.